The molecule has 1 amide bonds. The Hall–Kier alpha value is -3.02. The highest BCUT2D eigenvalue weighted by atomic mass is 16.5. The number of carbonyl (C=O) groups is 1. The van der Waals surface area contributed by atoms with Gasteiger partial charge in [0, 0.05) is 5.69 Å². The molecule has 0 aliphatic rings. The van der Waals surface area contributed by atoms with Crippen molar-refractivity contribution in [3.05, 3.63) is 58.0 Å². The zero-order valence-corrected chi connectivity index (χ0v) is 15.3. The fraction of sp³-hybridized carbons (Fsp3) is 0.300. The molecule has 0 saturated heterocycles. The number of ether oxygens (including phenoxy) is 1. The van der Waals surface area contributed by atoms with E-state index >= 15 is 0 Å². The molecule has 6 heteroatoms. The molecule has 0 aliphatic heterocycles. The minimum Gasteiger partial charge on any atom is -0.481 e. The number of hydrogen-bond acceptors (Lipinski definition) is 3. The number of fused-ring (bicyclic) bond motifs is 1. The van der Waals surface area contributed by atoms with Crippen LogP contribution in [-0.4, -0.2) is 22.0 Å². The number of rotatable bonds is 5. The highest BCUT2D eigenvalue weighted by Crippen LogP contribution is 2.28. The van der Waals surface area contributed by atoms with Gasteiger partial charge in [-0.2, -0.15) is 0 Å². The van der Waals surface area contributed by atoms with E-state index in [0.29, 0.717) is 22.6 Å². The SMILES string of the molecule is Cc1ccc(C(C)C)c(OC(C)C(=O)Nc2ccc3[nH]c(=O)[nH]c3c2)c1. The number of benzene rings is 2. The van der Waals surface area contributed by atoms with Crippen LogP contribution in [0.5, 0.6) is 5.75 Å². The topological polar surface area (TPSA) is 87.0 Å². The Morgan fingerprint density at radius 1 is 1.04 bits per heavy atom. The van der Waals surface area contributed by atoms with Crippen molar-refractivity contribution in [3.8, 4) is 5.75 Å². The van der Waals surface area contributed by atoms with Crippen LogP contribution in [-0.2, 0) is 4.79 Å². The first-order valence-electron chi connectivity index (χ1n) is 8.63. The monoisotopic (exact) mass is 353 g/mol. The molecule has 0 spiro atoms. The molecule has 136 valence electrons. The third-order valence-corrected chi connectivity index (χ3v) is 4.25. The van der Waals surface area contributed by atoms with Gasteiger partial charge in [0.15, 0.2) is 6.10 Å². The lowest BCUT2D eigenvalue weighted by Gasteiger charge is -2.19. The molecule has 3 aromatic rings. The molecule has 1 aromatic heterocycles. The fourth-order valence-corrected chi connectivity index (χ4v) is 2.82. The lowest BCUT2D eigenvalue weighted by atomic mass is 10.0. The first-order valence-corrected chi connectivity index (χ1v) is 8.63. The zero-order valence-electron chi connectivity index (χ0n) is 15.3. The molecule has 0 aliphatic carbocycles. The van der Waals surface area contributed by atoms with E-state index < -0.39 is 6.10 Å². The summed E-state index contributed by atoms with van der Waals surface area (Å²) in [7, 11) is 0. The lowest BCUT2D eigenvalue weighted by Crippen LogP contribution is -2.30. The number of aryl methyl sites for hydroxylation is 1. The molecule has 1 atom stereocenters. The normalized spacial score (nSPS) is 12.3. The van der Waals surface area contributed by atoms with Crippen molar-refractivity contribution < 1.29 is 9.53 Å². The molecule has 3 N–H and O–H groups in total. The quantitative estimate of drug-likeness (QED) is 0.654. The predicted molar refractivity (Wildman–Crippen MR) is 103 cm³/mol. The van der Waals surface area contributed by atoms with Crippen LogP contribution < -0.4 is 15.7 Å². The number of imidazole rings is 1. The Labute approximate surface area is 151 Å². The molecule has 0 bridgehead atoms. The van der Waals surface area contributed by atoms with Crippen LogP contribution in [0.3, 0.4) is 0 Å². The molecule has 1 unspecified atom stereocenters. The number of anilines is 1. The van der Waals surface area contributed by atoms with E-state index in [1.165, 1.54) is 0 Å². The van der Waals surface area contributed by atoms with Crippen LogP contribution in [0.2, 0.25) is 0 Å². The predicted octanol–water partition coefficient (Wildman–Crippen LogP) is 3.69. The summed E-state index contributed by atoms with van der Waals surface area (Å²) in [6.07, 6.45) is -0.657. The van der Waals surface area contributed by atoms with Gasteiger partial charge in [-0.3, -0.25) is 4.79 Å². The van der Waals surface area contributed by atoms with Gasteiger partial charge in [-0.15, -0.1) is 0 Å². The van der Waals surface area contributed by atoms with E-state index in [2.05, 4.69) is 29.1 Å². The van der Waals surface area contributed by atoms with Crippen LogP contribution >= 0.6 is 0 Å². The largest absolute Gasteiger partial charge is 0.481 e. The van der Waals surface area contributed by atoms with Gasteiger partial charge in [-0.25, -0.2) is 4.79 Å². The average Bonchev–Trinajstić information content (AvgIpc) is 2.93. The second-order valence-corrected chi connectivity index (χ2v) is 6.78. The van der Waals surface area contributed by atoms with Crippen molar-refractivity contribution in [2.75, 3.05) is 5.32 Å². The first kappa shape index (κ1) is 17.8. The second kappa shape index (κ2) is 7.07. The number of aromatic amines is 2. The number of H-pyrrole nitrogens is 2. The van der Waals surface area contributed by atoms with E-state index in [1.807, 2.05) is 25.1 Å². The summed E-state index contributed by atoms with van der Waals surface area (Å²) < 4.78 is 5.94. The summed E-state index contributed by atoms with van der Waals surface area (Å²) in [5.74, 6) is 0.778. The van der Waals surface area contributed by atoms with E-state index in [0.717, 1.165) is 16.9 Å². The van der Waals surface area contributed by atoms with E-state index in [4.69, 9.17) is 4.74 Å². The van der Waals surface area contributed by atoms with E-state index in [9.17, 15) is 9.59 Å². The second-order valence-electron chi connectivity index (χ2n) is 6.78. The van der Waals surface area contributed by atoms with Gasteiger partial charge in [0.05, 0.1) is 11.0 Å². The van der Waals surface area contributed by atoms with Gasteiger partial charge in [-0.1, -0.05) is 26.0 Å². The number of carbonyl (C=O) groups excluding carboxylic acids is 1. The maximum atomic E-state index is 12.5. The van der Waals surface area contributed by atoms with Crippen molar-refractivity contribution in [3.63, 3.8) is 0 Å². The summed E-state index contributed by atoms with van der Waals surface area (Å²) in [5.41, 5.74) is 3.81. The molecular formula is C20H23N3O3. The summed E-state index contributed by atoms with van der Waals surface area (Å²) in [6.45, 7) is 7.90. The highest BCUT2D eigenvalue weighted by Gasteiger charge is 2.18. The van der Waals surface area contributed by atoms with Crippen LogP contribution in [0.15, 0.2) is 41.2 Å². The maximum Gasteiger partial charge on any atom is 0.323 e. The zero-order chi connectivity index (χ0) is 18.8. The Balaban J connectivity index is 1.75. The number of amides is 1. The Morgan fingerprint density at radius 3 is 2.50 bits per heavy atom. The van der Waals surface area contributed by atoms with Gasteiger partial charge in [0.25, 0.3) is 5.91 Å². The van der Waals surface area contributed by atoms with Crippen molar-refractivity contribution >= 4 is 22.6 Å². The van der Waals surface area contributed by atoms with Gasteiger partial charge in [-0.05, 0) is 55.2 Å². The summed E-state index contributed by atoms with van der Waals surface area (Å²) in [4.78, 5) is 29.2. The van der Waals surface area contributed by atoms with Crippen LogP contribution in [0.25, 0.3) is 11.0 Å². The molecule has 0 radical (unpaired) electrons. The highest BCUT2D eigenvalue weighted by molar-refractivity contribution is 5.95. The first-order chi connectivity index (χ1) is 12.3. The minimum atomic E-state index is -0.657. The maximum absolute atomic E-state index is 12.5. The van der Waals surface area contributed by atoms with Crippen LogP contribution in [0.1, 0.15) is 37.8 Å². The lowest BCUT2D eigenvalue weighted by molar-refractivity contribution is -0.122. The van der Waals surface area contributed by atoms with Crippen LogP contribution in [0.4, 0.5) is 5.69 Å². The van der Waals surface area contributed by atoms with Crippen LogP contribution in [0, 0.1) is 6.92 Å². The molecule has 0 fully saturated rings. The minimum absolute atomic E-state index is 0.251. The Morgan fingerprint density at radius 2 is 1.77 bits per heavy atom. The standard InChI is InChI=1S/C20H23N3O3/c1-11(2)15-7-5-12(3)9-18(15)26-13(4)19(24)21-14-6-8-16-17(10-14)23-20(25)22-16/h5-11,13H,1-4H3,(H,21,24)(H2,22,23,25). The molecule has 0 saturated carbocycles. The number of hydrogen-bond donors (Lipinski definition) is 3. The van der Waals surface area contributed by atoms with Crippen molar-refractivity contribution in [1.82, 2.24) is 9.97 Å². The van der Waals surface area contributed by atoms with Crippen molar-refractivity contribution in [2.45, 2.75) is 39.7 Å². The number of nitrogens with one attached hydrogen (secondary N) is 3. The summed E-state index contributed by atoms with van der Waals surface area (Å²) in [6, 6.07) is 11.2. The molecule has 1 heterocycles. The molecule has 6 nitrogen and oxygen atoms in total. The van der Waals surface area contributed by atoms with E-state index in [1.54, 1.807) is 25.1 Å². The summed E-state index contributed by atoms with van der Waals surface area (Å²) in [5, 5.41) is 2.83. The van der Waals surface area contributed by atoms with Gasteiger partial charge >= 0.3 is 5.69 Å². The smallest absolute Gasteiger partial charge is 0.323 e. The summed E-state index contributed by atoms with van der Waals surface area (Å²) >= 11 is 0. The number of aromatic nitrogens is 2. The van der Waals surface area contributed by atoms with Crippen molar-refractivity contribution in [2.24, 2.45) is 0 Å². The van der Waals surface area contributed by atoms with E-state index in [-0.39, 0.29) is 11.6 Å². The average molecular weight is 353 g/mol. The molecule has 2 aromatic carbocycles. The third-order valence-electron chi connectivity index (χ3n) is 4.25. The van der Waals surface area contributed by atoms with Gasteiger partial charge in [0.1, 0.15) is 5.75 Å². The van der Waals surface area contributed by atoms with Gasteiger partial charge in [0.2, 0.25) is 0 Å². The molecular weight excluding hydrogens is 330 g/mol. The van der Waals surface area contributed by atoms with Gasteiger partial charge < -0.3 is 20.0 Å². The molecule has 3 rings (SSSR count). The van der Waals surface area contributed by atoms with Crippen molar-refractivity contribution in [1.29, 1.82) is 0 Å². The molecule has 26 heavy (non-hydrogen) atoms. The fourth-order valence-electron chi connectivity index (χ4n) is 2.82. The Bertz CT molecular complexity index is 1000. The Kier molecular flexibility index (Phi) is 4.84. The third kappa shape index (κ3) is 3.79.